The van der Waals surface area contributed by atoms with Crippen LogP contribution in [0.25, 0.3) is 22.2 Å². The number of fused-ring (bicyclic) bond motifs is 4. The molecule has 2 nitrogen and oxygen atoms in total. The van der Waals surface area contributed by atoms with Crippen molar-refractivity contribution in [3.8, 4) is 0 Å². The lowest BCUT2D eigenvalue weighted by molar-refractivity contribution is 0.467. The molecule has 0 saturated heterocycles. The maximum absolute atomic E-state index is 4.41. The fourth-order valence-electron chi connectivity index (χ4n) is 4.96. The van der Waals surface area contributed by atoms with Crippen LogP contribution in [0.4, 0.5) is 0 Å². The summed E-state index contributed by atoms with van der Waals surface area (Å²) in [6.45, 7) is 6.29. The maximum atomic E-state index is 4.41. The number of hydrogen-bond acceptors (Lipinski definition) is 1. The van der Waals surface area contributed by atoms with Crippen LogP contribution in [0, 0.1) is 5.92 Å². The van der Waals surface area contributed by atoms with Crippen LogP contribution < -0.4 is 0 Å². The minimum absolute atomic E-state index is 0.739. The molecule has 3 heterocycles. The van der Waals surface area contributed by atoms with Gasteiger partial charge in [-0.1, -0.05) is 23.8 Å². The minimum Gasteiger partial charge on any atom is -0.312 e. The number of pyridine rings is 1. The van der Waals surface area contributed by atoms with Crippen LogP contribution in [-0.4, -0.2) is 9.55 Å². The van der Waals surface area contributed by atoms with Gasteiger partial charge in [-0.25, -0.2) is 0 Å². The molecule has 2 aliphatic carbocycles. The third kappa shape index (κ3) is 2.27. The Kier molecular flexibility index (Phi) is 3.34. The van der Waals surface area contributed by atoms with Gasteiger partial charge in [-0.3, -0.25) is 4.98 Å². The lowest BCUT2D eigenvalue weighted by Crippen LogP contribution is -2.14. The number of rotatable bonds is 2. The summed E-state index contributed by atoms with van der Waals surface area (Å²) < 4.78 is 2.56. The SMILES string of the molecule is C=C(C)CC1CCC2=C(C=CC3=CCCc4c3n2c2ccncc42)C1. The van der Waals surface area contributed by atoms with Gasteiger partial charge in [-0.05, 0) is 74.1 Å². The van der Waals surface area contributed by atoms with Gasteiger partial charge in [0.2, 0.25) is 0 Å². The topological polar surface area (TPSA) is 17.8 Å². The Morgan fingerprint density at radius 1 is 1.32 bits per heavy atom. The van der Waals surface area contributed by atoms with Gasteiger partial charge in [0.1, 0.15) is 0 Å². The van der Waals surface area contributed by atoms with Gasteiger partial charge < -0.3 is 4.57 Å². The number of aromatic nitrogens is 2. The summed E-state index contributed by atoms with van der Waals surface area (Å²) in [7, 11) is 0. The first-order valence-corrected chi connectivity index (χ1v) is 9.45. The summed E-state index contributed by atoms with van der Waals surface area (Å²) in [5.41, 5.74) is 9.98. The Bertz CT molecular complexity index is 981. The first kappa shape index (κ1) is 14.9. The predicted octanol–water partition coefficient (Wildman–Crippen LogP) is 5.91. The van der Waals surface area contributed by atoms with Crippen LogP contribution >= 0.6 is 0 Å². The first-order valence-electron chi connectivity index (χ1n) is 9.45. The Balaban J connectivity index is 1.73. The molecular formula is C23H24N2. The number of nitrogens with zero attached hydrogens (tertiary/aromatic N) is 2. The quantitative estimate of drug-likeness (QED) is 0.626. The van der Waals surface area contributed by atoms with Crippen LogP contribution in [0.2, 0.25) is 0 Å². The minimum atomic E-state index is 0.739. The molecule has 0 bridgehead atoms. The molecule has 0 aromatic carbocycles. The van der Waals surface area contributed by atoms with E-state index in [0.29, 0.717) is 0 Å². The van der Waals surface area contributed by atoms with Crippen LogP contribution in [0.1, 0.15) is 50.3 Å². The first-order chi connectivity index (χ1) is 12.2. The van der Waals surface area contributed by atoms with Crippen LogP contribution in [0.15, 0.2) is 54.4 Å². The molecule has 1 aliphatic heterocycles. The smallest absolute Gasteiger partial charge is 0.0567 e. The summed E-state index contributed by atoms with van der Waals surface area (Å²) >= 11 is 0. The van der Waals surface area contributed by atoms with E-state index < -0.39 is 0 Å². The van der Waals surface area contributed by atoms with Crippen LogP contribution in [-0.2, 0) is 6.42 Å². The molecule has 0 spiro atoms. The molecule has 0 N–H and O–H groups in total. The van der Waals surface area contributed by atoms with Crippen LogP contribution in [0.3, 0.4) is 0 Å². The third-order valence-electron chi connectivity index (χ3n) is 5.95. The van der Waals surface area contributed by atoms with Crippen molar-refractivity contribution in [1.82, 2.24) is 9.55 Å². The Hall–Kier alpha value is -2.35. The van der Waals surface area contributed by atoms with E-state index in [1.54, 1.807) is 0 Å². The van der Waals surface area contributed by atoms with Gasteiger partial charge in [0.05, 0.1) is 11.2 Å². The zero-order valence-electron chi connectivity index (χ0n) is 14.9. The molecule has 1 unspecified atom stereocenters. The molecule has 2 aromatic heterocycles. The molecule has 5 rings (SSSR count). The van der Waals surface area contributed by atoms with E-state index in [1.807, 2.05) is 6.20 Å². The molecule has 2 heteroatoms. The lowest BCUT2D eigenvalue weighted by atomic mass is 9.83. The molecule has 25 heavy (non-hydrogen) atoms. The number of hydrogen-bond donors (Lipinski definition) is 0. The lowest BCUT2D eigenvalue weighted by Gasteiger charge is -2.27. The van der Waals surface area contributed by atoms with Crippen molar-refractivity contribution in [2.24, 2.45) is 5.92 Å². The Labute approximate surface area is 149 Å². The van der Waals surface area contributed by atoms with E-state index in [4.69, 9.17) is 0 Å². The van der Waals surface area contributed by atoms with Crippen LogP contribution in [0.5, 0.6) is 0 Å². The summed E-state index contributed by atoms with van der Waals surface area (Å²) in [4.78, 5) is 4.41. The van der Waals surface area contributed by atoms with Crippen molar-refractivity contribution in [1.29, 1.82) is 0 Å². The predicted molar refractivity (Wildman–Crippen MR) is 105 cm³/mol. The van der Waals surface area contributed by atoms with Crippen molar-refractivity contribution < 1.29 is 0 Å². The summed E-state index contributed by atoms with van der Waals surface area (Å²) in [6.07, 6.45) is 18.2. The molecular weight excluding hydrogens is 304 g/mol. The van der Waals surface area contributed by atoms with Gasteiger partial charge in [-0.15, -0.1) is 6.58 Å². The second kappa shape index (κ2) is 5.59. The maximum Gasteiger partial charge on any atom is 0.0567 e. The van der Waals surface area contributed by atoms with Crippen molar-refractivity contribution in [2.75, 3.05) is 0 Å². The number of aryl methyl sites for hydroxylation is 1. The van der Waals surface area contributed by atoms with E-state index in [2.05, 4.69) is 53.5 Å². The highest BCUT2D eigenvalue weighted by molar-refractivity contribution is 5.96. The Morgan fingerprint density at radius 2 is 2.24 bits per heavy atom. The highest BCUT2D eigenvalue weighted by atomic mass is 15.0. The second-order valence-electron chi connectivity index (χ2n) is 7.83. The van der Waals surface area contributed by atoms with Crippen molar-refractivity contribution in [2.45, 2.75) is 45.4 Å². The molecule has 0 amide bonds. The van der Waals surface area contributed by atoms with Gasteiger partial charge in [0.15, 0.2) is 0 Å². The van der Waals surface area contributed by atoms with Crippen molar-refractivity contribution in [3.63, 3.8) is 0 Å². The van der Waals surface area contributed by atoms with Gasteiger partial charge in [-0.2, -0.15) is 0 Å². The van der Waals surface area contributed by atoms with Gasteiger partial charge in [0, 0.05) is 23.5 Å². The zero-order chi connectivity index (χ0) is 17.0. The molecule has 0 radical (unpaired) electrons. The Morgan fingerprint density at radius 3 is 3.12 bits per heavy atom. The monoisotopic (exact) mass is 328 g/mol. The molecule has 2 aromatic rings. The van der Waals surface area contributed by atoms with Gasteiger partial charge in [0.25, 0.3) is 0 Å². The standard InChI is InChI=1S/C23H24N2/c1-15(2)12-16-6-9-21-18(13-16)8-7-17-4-3-5-19-20-14-24-11-10-22(20)25(21)23(17)19/h4,7-8,10-11,14,16H,1,3,5-6,9,12-13H2,2H3. The fraction of sp³-hybridized carbons (Fsp3) is 0.348. The largest absolute Gasteiger partial charge is 0.312 e. The molecule has 0 saturated carbocycles. The van der Waals surface area contributed by atoms with E-state index in [-0.39, 0.29) is 0 Å². The number of allylic oxidation sites excluding steroid dienone is 7. The normalized spacial score (nSPS) is 21.6. The van der Waals surface area contributed by atoms with E-state index in [9.17, 15) is 0 Å². The summed E-state index contributed by atoms with van der Waals surface area (Å²) in [5, 5.41) is 1.34. The van der Waals surface area contributed by atoms with Crippen molar-refractivity contribution >= 4 is 22.2 Å². The van der Waals surface area contributed by atoms with E-state index in [1.165, 1.54) is 57.4 Å². The molecule has 126 valence electrons. The second-order valence-corrected chi connectivity index (χ2v) is 7.83. The summed E-state index contributed by atoms with van der Waals surface area (Å²) in [6, 6.07) is 2.20. The highest BCUT2D eigenvalue weighted by Gasteiger charge is 2.29. The van der Waals surface area contributed by atoms with E-state index in [0.717, 1.165) is 31.6 Å². The van der Waals surface area contributed by atoms with Crippen molar-refractivity contribution in [3.05, 3.63) is 65.7 Å². The van der Waals surface area contributed by atoms with Gasteiger partial charge >= 0.3 is 0 Å². The summed E-state index contributed by atoms with van der Waals surface area (Å²) in [5.74, 6) is 0.739. The average Bonchev–Trinajstić information content (AvgIpc) is 2.85. The third-order valence-corrected chi connectivity index (χ3v) is 5.95. The van der Waals surface area contributed by atoms with E-state index >= 15 is 0 Å². The fourth-order valence-corrected chi connectivity index (χ4v) is 4.96. The molecule has 3 aliphatic rings. The molecule has 1 atom stereocenters. The highest BCUT2D eigenvalue weighted by Crippen LogP contribution is 2.45. The average molecular weight is 328 g/mol. The zero-order valence-corrected chi connectivity index (χ0v) is 14.9. The molecule has 0 fully saturated rings.